The van der Waals surface area contributed by atoms with E-state index in [1.165, 1.54) is 5.56 Å². The molecule has 0 bridgehead atoms. The van der Waals surface area contributed by atoms with Gasteiger partial charge in [0.05, 0.1) is 6.07 Å². The molecule has 160 valence electrons. The summed E-state index contributed by atoms with van der Waals surface area (Å²) in [5, 5.41) is 12.2. The number of halogens is 1. The minimum Gasteiger partial charge on any atom is -0.461 e. The van der Waals surface area contributed by atoms with Crippen LogP contribution in [-0.4, -0.2) is 18.0 Å². The normalized spacial score (nSPS) is 14.2. The van der Waals surface area contributed by atoms with Gasteiger partial charge in [-0.15, -0.1) is 0 Å². The smallest absolute Gasteiger partial charge is 0.134 e. The molecule has 32 heavy (non-hydrogen) atoms. The molecule has 0 aliphatic carbocycles. The Hall–Kier alpha value is -3.06. The van der Waals surface area contributed by atoms with Crippen molar-refractivity contribution < 1.29 is 4.42 Å². The van der Waals surface area contributed by atoms with Crippen molar-refractivity contribution in [3.8, 4) is 6.07 Å². The first-order valence-corrected chi connectivity index (χ1v) is 11.5. The molecule has 4 heteroatoms. The van der Waals surface area contributed by atoms with E-state index in [4.69, 9.17) is 16.0 Å². The molecule has 2 heterocycles. The Morgan fingerprint density at radius 1 is 0.969 bits per heavy atom. The molecule has 0 fully saturated rings. The average molecular weight is 441 g/mol. The molecule has 0 saturated carbocycles. The highest BCUT2D eigenvalue weighted by Crippen LogP contribution is 2.37. The lowest BCUT2D eigenvalue weighted by atomic mass is 9.72. The summed E-state index contributed by atoms with van der Waals surface area (Å²) < 4.78 is 6.06. The fourth-order valence-electron chi connectivity index (χ4n) is 4.95. The maximum absolute atomic E-state index is 10.4. The zero-order valence-corrected chi connectivity index (χ0v) is 18.7. The molecular weight excluding hydrogens is 416 g/mol. The Balaban J connectivity index is 1.35. The average Bonchev–Trinajstić information content (AvgIpc) is 3.20. The van der Waals surface area contributed by atoms with Crippen molar-refractivity contribution in [2.24, 2.45) is 0 Å². The number of nitrogens with zero attached hydrogens (tertiary/aromatic N) is 2. The molecular formula is C28H25ClN2O. The number of hydrogen-bond acceptors (Lipinski definition) is 3. The first-order chi connectivity index (χ1) is 15.7. The van der Waals surface area contributed by atoms with Crippen LogP contribution in [0.1, 0.15) is 35.3 Å². The second-order valence-corrected chi connectivity index (χ2v) is 8.96. The maximum Gasteiger partial charge on any atom is 0.134 e. The van der Waals surface area contributed by atoms with Crippen LogP contribution < -0.4 is 0 Å². The number of rotatable bonds is 6. The Morgan fingerprint density at radius 3 is 2.31 bits per heavy atom. The highest BCUT2D eigenvalue weighted by molar-refractivity contribution is 6.31. The largest absolute Gasteiger partial charge is 0.461 e. The van der Waals surface area contributed by atoms with Gasteiger partial charge in [-0.1, -0.05) is 72.3 Å². The molecule has 3 aromatic carbocycles. The van der Waals surface area contributed by atoms with E-state index in [1.807, 2.05) is 54.6 Å². The molecule has 0 atom stereocenters. The van der Waals surface area contributed by atoms with E-state index in [0.717, 1.165) is 71.8 Å². The van der Waals surface area contributed by atoms with Crippen LogP contribution in [0.25, 0.3) is 11.0 Å². The highest BCUT2D eigenvalue weighted by Gasteiger charge is 2.34. The van der Waals surface area contributed by atoms with Gasteiger partial charge in [0, 0.05) is 35.5 Å². The van der Waals surface area contributed by atoms with Crippen molar-refractivity contribution in [2.75, 3.05) is 13.1 Å². The van der Waals surface area contributed by atoms with E-state index >= 15 is 0 Å². The molecule has 5 rings (SSSR count). The summed E-state index contributed by atoms with van der Waals surface area (Å²) in [7, 11) is 0. The van der Waals surface area contributed by atoms with E-state index in [9.17, 15) is 5.26 Å². The van der Waals surface area contributed by atoms with Crippen LogP contribution in [0, 0.1) is 11.3 Å². The van der Waals surface area contributed by atoms with E-state index in [2.05, 4.69) is 35.2 Å². The van der Waals surface area contributed by atoms with Crippen molar-refractivity contribution in [3.05, 3.63) is 106 Å². The van der Waals surface area contributed by atoms with Crippen molar-refractivity contribution >= 4 is 22.6 Å². The second kappa shape index (κ2) is 8.82. The summed E-state index contributed by atoms with van der Waals surface area (Å²) in [4.78, 5) is 2.47. The molecule has 1 aliphatic rings. The van der Waals surface area contributed by atoms with Crippen LogP contribution in [0.3, 0.4) is 0 Å². The van der Waals surface area contributed by atoms with Crippen molar-refractivity contribution in [1.82, 2.24) is 4.90 Å². The second-order valence-electron chi connectivity index (χ2n) is 8.52. The first kappa shape index (κ1) is 20.8. The summed E-state index contributed by atoms with van der Waals surface area (Å²) >= 11 is 6.23. The third-order valence-electron chi connectivity index (χ3n) is 6.62. The van der Waals surface area contributed by atoms with Gasteiger partial charge in [0.15, 0.2) is 0 Å². The summed E-state index contributed by atoms with van der Waals surface area (Å²) in [6.07, 6.45) is 2.62. The Morgan fingerprint density at radius 2 is 1.66 bits per heavy atom. The Labute approximate surface area is 193 Å². The summed E-state index contributed by atoms with van der Waals surface area (Å²) in [5.74, 6) is 1.08. The number of fused-ring (bicyclic) bond motifs is 3. The van der Waals surface area contributed by atoms with Crippen LogP contribution in [-0.2, 0) is 18.4 Å². The number of benzene rings is 3. The predicted molar refractivity (Wildman–Crippen MR) is 129 cm³/mol. The maximum atomic E-state index is 10.4. The molecule has 0 saturated heterocycles. The van der Waals surface area contributed by atoms with Crippen LogP contribution in [0.5, 0.6) is 0 Å². The Kier molecular flexibility index (Phi) is 5.74. The van der Waals surface area contributed by atoms with Crippen molar-refractivity contribution in [1.29, 1.82) is 5.26 Å². The standard InChI is InChI=1S/C28H25ClN2O/c29-23-12-13-26-24(18-23)25-19-31(17-14-27(25)32-26)16-7-15-28(20-30,21-8-3-1-4-9-21)22-10-5-2-6-11-22/h1-6,8-13,18H,7,14-17,19H2. The van der Waals surface area contributed by atoms with Gasteiger partial charge in [-0.05, 0) is 48.7 Å². The summed E-state index contributed by atoms with van der Waals surface area (Å²) in [6.45, 7) is 2.77. The molecule has 0 spiro atoms. The highest BCUT2D eigenvalue weighted by atomic mass is 35.5. The van der Waals surface area contributed by atoms with E-state index in [1.54, 1.807) is 0 Å². The molecule has 0 radical (unpaired) electrons. The van der Waals surface area contributed by atoms with Crippen LogP contribution in [0.15, 0.2) is 83.3 Å². The third-order valence-corrected chi connectivity index (χ3v) is 6.86. The molecule has 1 aromatic heterocycles. The Bertz CT molecular complexity index is 1220. The molecule has 1 aliphatic heterocycles. The van der Waals surface area contributed by atoms with Gasteiger partial charge in [0.1, 0.15) is 16.8 Å². The number of furan rings is 1. The van der Waals surface area contributed by atoms with Crippen LogP contribution in [0.4, 0.5) is 0 Å². The minimum atomic E-state index is -0.640. The van der Waals surface area contributed by atoms with Crippen LogP contribution >= 0.6 is 11.6 Å². The van der Waals surface area contributed by atoms with Crippen molar-refractivity contribution in [2.45, 2.75) is 31.2 Å². The number of hydrogen-bond donors (Lipinski definition) is 0. The molecule has 0 amide bonds. The van der Waals surface area contributed by atoms with Crippen molar-refractivity contribution in [3.63, 3.8) is 0 Å². The topological polar surface area (TPSA) is 40.2 Å². The van der Waals surface area contributed by atoms with Gasteiger partial charge in [0.2, 0.25) is 0 Å². The number of nitriles is 1. The van der Waals surface area contributed by atoms with Gasteiger partial charge < -0.3 is 4.42 Å². The third kappa shape index (κ3) is 3.81. The van der Waals surface area contributed by atoms with Gasteiger partial charge in [-0.3, -0.25) is 4.90 Å². The zero-order chi connectivity index (χ0) is 22.0. The quantitative estimate of drug-likeness (QED) is 0.333. The lowest BCUT2D eigenvalue weighted by Crippen LogP contribution is -2.33. The molecule has 0 N–H and O–H groups in total. The van der Waals surface area contributed by atoms with Gasteiger partial charge >= 0.3 is 0 Å². The van der Waals surface area contributed by atoms with Gasteiger partial charge in [-0.25, -0.2) is 0 Å². The van der Waals surface area contributed by atoms with E-state index in [-0.39, 0.29) is 0 Å². The van der Waals surface area contributed by atoms with Gasteiger partial charge in [0.25, 0.3) is 0 Å². The molecule has 0 unspecified atom stereocenters. The lowest BCUT2D eigenvalue weighted by molar-refractivity contribution is 0.235. The monoisotopic (exact) mass is 440 g/mol. The molecule has 3 nitrogen and oxygen atoms in total. The SMILES string of the molecule is N#CC(CCCN1CCc2oc3ccc(Cl)cc3c2C1)(c1ccccc1)c1ccccc1. The van der Waals surface area contributed by atoms with Crippen LogP contribution in [0.2, 0.25) is 5.02 Å². The van der Waals surface area contributed by atoms with Gasteiger partial charge in [-0.2, -0.15) is 5.26 Å². The minimum absolute atomic E-state index is 0.640. The first-order valence-electron chi connectivity index (χ1n) is 11.1. The predicted octanol–water partition coefficient (Wildman–Crippen LogP) is 6.73. The lowest BCUT2D eigenvalue weighted by Gasteiger charge is -2.30. The fraction of sp³-hybridized carbons (Fsp3) is 0.250. The fourth-order valence-corrected chi connectivity index (χ4v) is 5.13. The summed E-state index contributed by atoms with van der Waals surface area (Å²) in [5.41, 5.74) is 3.65. The van der Waals surface area contributed by atoms with E-state index in [0.29, 0.717) is 0 Å². The molecule has 4 aromatic rings. The van der Waals surface area contributed by atoms with E-state index < -0.39 is 5.41 Å². The zero-order valence-electron chi connectivity index (χ0n) is 17.9. The summed E-state index contributed by atoms with van der Waals surface area (Å²) in [6, 6.07) is 28.9.